The van der Waals surface area contributed by atoms with Gasteiger partial charge in [0.2, 0.25) is 0 Å². The third-order valence-electron chi connectivity index (χ3n) is 7.94. The summed E-state index contributed by atoms with van der Waals surface area (Å²) in [5.41, 5.74) is 12.3. The van der Waals surface area contributed by atoms with Crippen LogP contribution in [0.1, 0.15) is 66.8 Å². The highest BCUT2D eigenvalue weighted by Crippen LogP contribution is 2.39. The SMILES string of the molecule is C=CCN(CC1CC(c2ccc(CO)cc2)OC(c2ccc(-c3cccc(CN)c3)cc2)O1)C1CCCC1. The van der Waals surface area contributed by atoms with Crippen molar-refractivity contribution in [1.82, 2.24) is 4.90 Å². The molecule has 0 spiro atoms. The van der Waals surface area contributed by atoms with Crippen LogP contribution in [0, 0.1) is 0 Å². The van der Waals surface area contributed by atoms with Gasteiger partial charge in [0.25, 0.3) is 0 Å². The van der Waals surface area contributed by atoms with E-state index in [1.54, 1.807) is 0 Å². The fourth-order valence-corrected chi connectivity index (χ4v) is 5.81. The molecule has 5 rings (SSSR count). The third-order valence-corrected chi connectivity index (χ3v) is 7.94. The average molecular weight is 513 g/mol. The lowest BCUT2D eigenvalue weighted by Gasteiger charge is -2.39. The first-order valence-corrected chi connectivity index (χ1v) is 13.9. The van der Waals surface area contributed by atoms with E-state index >= 15 is 0 Å². The van der Waals surface area contributed by atoms with Crippen LogP contribution < -0.4 is 5.73 Å². The summed E-state index contributed by atoms with van der Waals surface area (Å²) in [7, 11) is 0. The smallest absolute Gasteiger partial charge is 0.184 e. The Balaban J connectivity index is 1.38. The van der Waals surface area contributed by atoms with Crippen LogP contribution >= 0.6 is 0 Å². The Labute approximate surface area is 226 Å². The van der Waals surface area contributed by atoms with Crippen molar-refractivity contribution in [3.63, 3.8) is 0 Å². The van der Waals surface area contributed by atoms with E-state index in [1.165, 1.54) is 25.7 Å². The Morgan fingerprint density at radius 2 is 1.63 bits per heavy atom. The Morgan fingerprint density at radius 3 is 2.32 bits per heavy atom. The molecule has 0 aromatic heterocycles. The zero-order chi connectivity index (χ0) is 26.3. The molecule has 0 radical (unpaired) electrons. The summed E-state index contributed by atoms with van der Waals surface area (Å²) in [6, 6.07) is 25.5. The zero-order valence-corrected chi connectivity index (χ0v) is 22.2. The summed E-state index contributed by atoms with van der Waals surface area (Å²) in [6.07, 6.45) is 7.41. The van der Waals surface area contributed by atoms with Crippen molar-refractivity contribution in [3.8, 4) is 11.1 Å². The van der Waals surface area contributed by atoms with Crippen molar-refractivity contribution in [1.29, 1.82) is 0 Å². The van der Waals surface area contributed by atoms with Crippen LogP contribution in [0.2, 0.25) is 0 Å². The maximum absolute atomic E-state index is 9.49. The number of aliphatic hydroxyl groups excluding tert-OH is 1. The highest BCUT2D eigenvalue weighted by Gasteiger charge is 2.34. The molecule has 5 heteroatoms. The molecule has 2 fully saturated rings. The predicted octanol–water partition coefficient (Wildman–Crippen LogP) is 6.28. The van der Waals surface area contributed by atoms with Gasteiger partial charge in [-0.2, -0.15) is 0 Å². The van der Waals surface area contributed by atoms with Crippen molar-refractivity contribution in [2.45, 2.75) is 69.8 Å². The second-order valence-corrected chi connectivity index (χ2v) is 10.6. The van der Waals surface area contributed by atoms with Crippen LogP contribution in [0.5, 0.6) is 0 Å². The van der Waals surface area contributed by atoms with Crippen molar-refractivity contribution in [3.05, 3.63) is 108 Å². The number of rotatable bonds is 10. The maximum Gasteiger partial charge on any atom is 0.184 e. The number of hydrogen-bond donors (Lipinski definition) is 2. The first-order chi connectivity index (χ1) is 18.7. The van der Waals surface area contributed by atoms with E-state index in [9.17, 15) is 5.11 Å². The Bertz CT molecular complexity index is 1170. The Morgan fingerprint density at radius 1 is 0.895 bits per heavy atom. The molecule has 3 unspecified atom stereocenters. The third kappa shape index (κ3) is 6.42. The minimum Gasteiger partial charge on any atom is -0.392 e. The van der Waals surface area contributed by atoms with Gasteiger partial charge in [0.05, 0.1) is 18.8 Å². The monoisotopic (exact) mass is 512 g/mol. The van der Waals surface area contributed by atoms with Gasteiger partial charge in [-0.05, 0) is 46.7 Å². The Kier molecular flexibility index (Phi) is 9.05. The van der Waals surface area contributed by atoms with Gasteiger partial charge in [-0.3, -0.25) is 4.90 Å². The Hall–Kier alpha value is -2.80. The molecular weight excluding hydrogens is 472 g/mol. The number of ether oxygens (including phenoxy) is 2. The molecule has 0 amide bonds. The van der Waals surface area contributed by atoms with E-state index in [4.69, 9.17) is 15.2 Å². The molecule has 3 aromatic carbocycles. The summed E-state index contributed by atoms with van der Waals surface area (Å²) in [5.74, 6) is 0. The molecule has 1 saturated heterocycles. The minimum atomic E-state index is -0.449. The lowest BCUT2D eigenvalue weighted by molar-refractivity contribution is -0.253. The van der Waals surface area contributed by atoms with Crippen LogP contribution in [-0.4, -0.2) is 35.2 Å². The average Bonchev–Trinajstić information content (AvgIpc) is 3.52. The predicted molar refractivity (Wildman–Crippen MR) is 152 cm³/mol. The quantitative estimate of drug-likeness (QED) is 0.313. The molecule has 2 aliphatic rings. The van der Waals surface area contributed by atoms with Crippen LogP contribution in [0.15, 0.2) is 85.5 Å². The number of aliphatic hydroxyl groups is 1. The van der Waals surface area contributed by atoms with Gasteiger partial charge >= 0.3 is 0 Å². The van der Waals surface area contributed by atoms with E-state index in [0.717, 1.165) is 52.9 Å². The molecule has 3 N–H and O–H groups in total. The van der Waals surface area contributed by atoms with E-state index < -0.39 is 6.29 Å². The summed E-state index contributed by atoms with van der Waals surface area (Å²) >= 11 is 0. The number of benzene rings is 3. The first kappa shape index (κ1) is 26.8. The van der Waals surface area contributed by atoms with Gasteiger partial charge in [0.15, 0.2) is 6.29 Å². The van der Waals surface area contributed by atoms with Crippen LogP contribution in [0.3, 0.4) is 0 Å². The van der Waals surface area contributed by atoms with Gasteiger partial charge in [-0.1, -0.05) is 85.6 Å². The van der Waals surface area contributed by atoms with Gasteiger partial charge in [0.1, 0.15) is 0 Å². The van der Waals surface area contributed by atoms with Crippen molar-refractivity contribution < 1.29 is 14.6 Å². The van der Waals surface area contributed by atoms with Crippen molar-refractivity contribution >= 4 is 0 Å². The van der Waals surface area contributed by atoms with Crippen LogP contribution in [0.25, 0.3) is 11.1 Å². The van der Waals surface area contributed by atoms with Gasteiger partial charge in [-0.15, -0.1) is 6.58 Å². The van der Waals surface area contributed by atoms with Crippen molar-refractivity contribution in [2.75, 3.05) is 13.1 Å². The summed E-state index contributed by atoms with van der Waals surface area (Å²) < 4.78 is 13.2. The van der Waals surface area contributed by atoms with Gasteiger partial charge in [0, 0.05) is 37.7 Å². The molecule has 3 aromatic rings. The normalized spacial score (nSPS) is 22.1. The summed E-state index contributed by atoms with van der Waals surface area (Å²) in [6.45, 7) is 6.33. The molecule has 200 valence electrons. The van der Waals surface area contributed by atoms with E-state index in [0.29, 0.717) is 12.6 Å². The molecule has 38 heavy (non-hydrogen) atoms. The molecule has 1 aliphatic carbocycles. The van der Waals surface area contributed by atoms with Crippen LogP contribution in [0.4, 0.5) is 0 Å². The van der Waals surface area contributed by atoms with Gasteiger partial charge < -0.3 is 20.3 Å². The molecule has 1 aliphatic heterocycles. The molecule has 0 bridgehead atoms. The lowest BCUT2D eigenvalue weighted by Crippen LogP contribution is -2.43. The number of nitrogens with zero attached hydrogens (tertiary/aromatic N) is 1. The second kappa shape index (κ2) is 12.8. The topological polar surface area (TPSA) is 68.0 Å². The summed E-state index contributed by atoms with van der Waals surface area (Å²) in [4.78, 5) is 2.55. The van der Waals surface area contributed by atoms with E-state index in [2.05, 4.69) is 72.1 Å². The molecule has 3 atom stereocenters. The minimum absolute atomic E-state index is 0.0396. The summed E-state index contributed by atoms with van der Waals surface area (Å²) in [5, 5.41) is 9.49. The maximum atomic E-state index is 9.49. The van der Waals surface area contributed by atoms with Crippen LogP contribution in [-0.2, 0) is 22.6 Å². The standard InChI is InChI=1S/C33H40N2O3/c1-2-18-35(30-8-3-4-9-30)22-31-20-32(27-12-10-24(23-36)11-13-27)38-33(37-31)28-16-14-26(15-17-28)29-7-5-6-25(19-29)21-34/h2,5-7,10-17,19,30-33,36H,1,3-4,8-9,18,20-23,34H2. The highest BCUT2D eigenvalue weighted by molar-refractivity contribution is 5.64. The molecule has 5 nitrogen and oxygen atoms in total. The molecule has 1 heterocycles. The van der Waals surface area contributed by atoms with E-state index in [1.807, 2.05) is 18.2 Å². The van der Waals surface area contributed by atoms with Crippen molar-refractivity contribution in [2.24, 2.45) is 5.73 Å². The largest absolute Gasteiger partial charge is 0.392 e. The fraction of sp³-hybridized carbons (Fsp3) is 0.394. The highest BCUT2D eigenvalue weighted by atomic mass is 16.7. The van der Waals surface area contributed by atoms with Gasteiger partial charge in [-0.25, -0.2) is 0 Å². The second-order valence-electron chi connectivity index (χ2n) is 10.6. The lowest BCUT2D eigenvalue weighted by atomic mass is 9.98. The first-order valence-electron chi connectivity index (χ1n) is 13.9. The van der Waals surface area contributed by atoms with E-state index in [-0.39, 0.29) is 18.8 Å². The zero-order valence-electron chi connectivity index (χ0n) is 22.2. The number of nitrogens with two attached hydrogens (primary N) is 1. The number of hydrogen-bond acceptors (Lipinski definition) is 5. The molecule has 1 saturated carbocycles. The molecular formula is C33H40N2O3. The fourth-order valence-electron chi connectivity index (χ4n) is 5.81.